The molecule has 5 nitrogen and oxygen atoms in total. The van der Waals surface area contributed by atoms with E-state index in [1.165, 1.54) is 0 Å². The fourth-order valence-corrected chi connectivity index (χ4v) is 1.98. The summed E-state index contributed by atoms with van der Waals surface area (Å²) in [6, 6.07) is 0. The maximum atomic E-state index is 11.5. The molecule has 0 aliphatic carbocycles. The highest BCUT2D eigenvalue weighted by molar-refractivity contribution is 5.76. The summed E-state index contributed by atoms with van der Waals surface area (Å²) >= 11 is 0. The predicted molar refractivity (Wildman–Crippen MR) is 64.6 cm³/mol. The third-order valence-corrected chi connectivity index (χ3v) is 3.19. The first kappa shape index (κ1) is 14.0. The highest BCUT2D eigenvalue weighted by atomic mass is 16.4. The van der Waals surface area contributed by atoms with Crippen molar-refractivity contribution < 1.29 is 14.7 Å². The standard InChI is InChI=1S/C12H22N2O3/c1-9(12(16)17)3-2-5-14-11(15)7-10-4-6-13-8-10/h9-10,13H,2-8H2,1H3,(H,14,15)(H,16,17). The molecule has 5 heteroatoms. The minimum atomic E-state index is -0.770. The van der Waals surface area contributed by atoms with Gasteiger partial charge >= 0.3 is 5.97 Å². The lowest BCUT2D eigenvalue weighted by molar-refractivity contribution is -0.141. The lowest BCUT2D eigenvalue weighted by Gasteiger charge is -2.10. The van der Waals surface area contributed by atoms with Crippen molar-refractivity contribution in [3.8, 4) is 0 Å². The monoisotopic (exact) mass is 242 g/mol. The maximum absolute atomic E-state index is 11.5. The van der Waals surface area contributed by atoms with Crippen LogP contribution in [0.4, 0.5) is 0 Å². The van der Waals surface area contributed by atoms with Gasteiger partial charge in [0.1, 0.15) is 0 Å². The van der Waals surface area contributed by atoms with Crippen LogP contribution in [0.1, 0.15) is 32.6 Å². The van der Waals surface area contributed by atoms with Gasteiger partial charge < -0.3 is 15.7 Å². The van der Waals surface area contributed by atoms with Crippen LogP contribution >= 0.6 is 0 Å². The molecule has 0 aromatic rings. The van der Waals surface area contributed by atoms with E-state index >= 15 is 0 Å². The lowest BCUT2D eigenvalue weighted by Crippen LogP contribution is -2.27. The van der Waals surface area contributed by atoms with Crippen molar-refractivity contribution >= 4 is 11.9 Å². The van der Waals surface area contributed by atoms with Gasteiger partial charge in [0.15, 0.2) is 0 Å². The van der Waals surface area contributed by atoms with Crippen LogP contribution in [-0.4, -0.2) is 36.6 Å². The summed E-state index contributed by atoms with van der Waals surface area (Å²) in [6.45, 7) is 4.21. The van der Waals surface area contributed by atoms with Crippen LogP contribution in [0.15, 0.2) is 0 Å². The summed E-state index contributed by atoms with van der Waals surface area (Å²) in [5.74, 6) is -0.547. The van der Waals surface area contributed by atoms with Gasteiger partial charge in [-0.2, -0.15) is 0 Å². The molecule has 1 aliphatic heterocycles. The average Bonchev–Trinajstić information content (AvgIpc) is 2.76. The van der Waals surface area contributed by atoms with Crippen molar-refractivity contribution in [2.75, 3.05) is 19.6 Å². The second kappa shape index (κ2) is 7.27. The van der Waals surface area contributed by atoms with Crippen molar-refractivity contribution in [3.63, 3.8) is 0 Å². The summed E-state index contributed by atoms with van der Waals surface area (Å²) in [5, 5.41) is 14.8. The van der Waals surface area contributed by atoms with Gasteiger partial charge in [-0.3, -0.25) is 9.59 Å². The van der Waals surface area contributed by atoms with Gasteiger partial charge in [-0.05, 0) is 38.3 Å². The van der Waals surface area contributed by atoms with Gasteiger partial charge in [0, 0.05) is 13.0 Å². The van der Waals surface area contributed by atoms with Crippen LogP contribution in [0, 0.1) is 11.8 Å². The molecule has 0 saturated carbocycles. The van der Waals surface area contributed by atoms with Crippen molar-refractivity contribution in [1.29, 1.82) is 0 Å². The lowest BCUT2D eigenvalue weighted by atomic mass is 10.0. The number of carboxylic acid groups (broad SMARTS) is 1. The Labute approximate surface area is 102 Å². The highest BCUT2D eigenvalue weighted by Crippen LogP contribution is 2.11. The zero-order valence-corrected chi connectivity index (χ0v) is 10.4. The molecular weight excluding hydrogens is 220 g/mol. The summed E-state index contributed by atoms with van der Waals surface area (Å²) in [7, 11) is 0. The normalized spacial score (nSPS) is 21.1. The molecule has 17 heavy (non-hydrogen) atoms. The fourth-order valence-electron chi connectivity index (χ4n) is 1.98. The van der Waals surface area contributed by atoms with Crippen molar-refractivity contribution in [2.45, 2.75) is 32.6 Å². The van der Waals surface area contributed by atoms with Crippen LogP contribution in [0.5, 0.6) is 0 Å². The van der Waals surface area contributed by atoms with E-state index in [4.69, 9.17) is 5.11 Å². The SMILES string of the molecule is CC(CCCNC(=O)CC1CCNC1)C(=O)O. The number of carboxylic acids is 1. The number of nitrogens with one attached hydrogen (secondary N) is 2. The first-order valence-corrected chi connectivity index (χ1v) is 6.30. The second-order valence-corrected chi connectivity index (χ2v) is 4.79. The van der Waals surface area contributed by atoms with Crippen LogP contribution in [0.2, 0.25) is 0 Å². The highest BCUT2D eigenvalue weighted by Gasteiger charge is 2.17. The van der Waals surface area contributed by atoms with Crippen LogP contribution in [0.25, 0.3) is 0 Å². The van der Waals surface area contributed by atoms with E-state index in [1.807, 2.05) is 0 Å². The van der Waals surface area contributed by atoms with E-state index < -0.39 is 5.97 Å². The summed E-state index contributed by atoms with van der Waals surface area (Å²) in [6.07, 6.45) is 2.99. The Balaban J connectivity index is 2.01. The Morgan fingerprint density at radius 2 is 2.29 bits per heavy atom. The molecule has 2 unspecified atom stereocenters. The average molecular weight is 242 g/mol. The van der Waals surface area contributed by atoms with Crippen molar-refractivity contribution in [3.05, 3.63) is 0 Å². The molecule has 0 bridgehead atoms. The molecule has 98 valence electrons. The van der Waals surface area contributed by atoms with Crippen molar-refractivity contribution in [1.82, 2.24) is 10.6 Å². The molecular formula is C12H22N2O3. The van der Waals surface area contributed by atoms with Gasteiger partial charge in [0.05, 0.1) is 5.92 Å². The Morgan fingerprint density at radius 1 is 1.53 bits per heavy atom. The summed E-state index contributed by atoms with van der Waals surface area (Å²) in [5.41, 5.74) is 0. The predicted octanol–water partition coefficient (Wildman–Crippen LogP) is 0.603. The van der Waals surface area contributed by atoms with E-state index in [0.29, 0.717) is 25.3 Å². The molecule has 1 rings (SSSR count). The second-order valence-electron chi connectivity index (χ2n) is 4.79. The summed E-state index contributed by atoms with van der Waals surface area (Å²) in [4.78, 5) is 22.1. The number of amides is 1. The Hall–Kier alpha value is -1.10. The fraction of sp³-hybridized carbons (Fsp3) is 0.833. The third-order valence-electron chi connectivity index (χ3n) is 3.19. The van der Waals surface area contributed by atoms with Gasteiger partial charge in [-0.25, -0.2) is 0 Å². The van der Waals surface area contributed by atoms with E-state index in [-0.39, 0.29) is 11.8 Å². The minimum Gasteiger partial charge on any atom is -0.481 e. The molecule has 3 N–H and O–H groups in total. The van der Waals surface area contributed by atoms with E-state index in [9.17, 15) is 9.59 Å². The first-order valence-electron chi connectivity index (χ1n) is 6.30. The summed E-state index contributed by atoms with van der Waals surface area (Å²) < 4.78 is 0. The number of rotatable bonds is 7. The number of carbonyl (C=O) groups is 2. The minimum absolute atomic E-state index is 0.0849. The molecule has 1 aliphatic rings. The van der Waals surface area contributed by atoms with Gasteiger partial charge in [0.2, 0.25) is 5.91 Å². The third kappa shape index (κ3) is 5.68. The van der Waals surface area contributed by atoms with Gasteiger partial charge in [0.25, 0.3) is 0 Å². The largest absolute Gasteiger partial charge is 0.481 e. The van der Waals surface area contributed by atoms with E-state index in [2.05, 4.69) is 10.6 Å². The van der Waals surface area contributed by atoms with Crippen LogP contribution in [-0.2, 0) is 9.59 Å². The topological polar surface area (TPSA) is 78.4 Å². The Bertz CT molecular complexity index is 262. The molecule has 1 heterocycles. The first-order chi connectivity index (χ1) is 8.09. The zero-order chi connectivity index (χ0) is 12.7. The quantitative estimate of drug-likeness (QED) is 0.571. The van der Waals surface area contributed by atoms with Crippen LogP contribution in [0.3, 0.4) is 0 Å². The maximum Gasteiger partial charge on any atom is 0.306 e. The molecule has 2 atom stereocenters. The van der Waals surface area contributed by atoms with Gasteiger partial charge in [-0.1, -0.05) is 6.92 Å². The number of hydrogen-bond donors (Lipinski definition) is 3. The molecule has 0 aromatic heterocycles. The Morgan fingerprint density at radius 3 is 2.88 bits per heavy atom. The number of hydrogen-bond acceptors (Lipinski definition) is 3. The molecule has 1 saturated heterocycles. The van der Waals surface area contributed by atoms with Gasteiger partial charge in [-0.15, -0.1) is 0 Å². The smallest absolute Gasteiger partial charge is 0.306 e. The molecule has 0 spiro atoms. The number of aliphatic carboxylic acids is 1. The van der Waals surface area contributed by atoms with E-state index in [1.54, 1.807) is 6.92 Å². The molecule has 1 amide bonds. The molecule has 0 radical (unpaired) electrons. The van der Waals surface area contributed by atoms with Crippen LogP contribution < -0.4 is 10.6 Å². The Kier molecular flexibility index (Phi) is 5.97. The number of carbonyl (C=O) groups excluding carboxylic acids is 1. The van der Waals surface area contributed by atoms with E-state index in [0.717, 1.165) is 25.9 Å². The molecule has 0 aromatic carbocycles. The zero-order valence-electron chi connectivity index (χ0n) is 10.4. The molecule has 1 fully saturated rings. The van der Waals surface area contributed by atoms with Crippen molar-refractivity contribution in [2.24, 2.45) is 11.8 Å².